The third-order valence-corrected chi connectivity index (χ3v) is 4.48. The van der Waals surface area contributed by atoms with Gasteiger partial charge in [-0.3, -0.25) is 14.4 Å². The van der Waals surface area contributed by atoms with Gasteiger partial charge in [0.25, 0.3) is 5.91 Å². The van der Waals surface area contributed by atoms with Gasteiger partial charge in [-0.1, -0.05) is 12.1 Å². The molecule has 0 saturated carbocycles. The third-order valence-electron chi connectivity index (χ3n) is 4.48. The molecule has 0 unspecified atom stereocenters. The van der Waals surface area contributed by atoms with Gasteiger partial charge in [-0.05, 0) is 43.9 Å². The number of anilines is 1. The molecule has 3 amide bonds. The number of amides is 3. The van der Waals surface area contributed by atoms with Crippen LogP contribution >= 0.6 is 0 Å². The van der Waals surface area contributed by atoms with E-state index in [0.717, 1.165) is 17.5 Å². The van der Waals surface area contributed by atoms with E-state index in [2.05, 4.69) is 15.7 Å². The monoisotopic (exact) mass is 342 g/mol. The van der Waals surface area contributed by atoms with Crippen LogP contribution in [0.1, 0.15) is 36.8 Å². The van der Waals surface area contributed by atoms with Crippen LogP contribution in [0.2, 0.25) is 0 Å². The average molecular weight is 342 g/mol. The maximum Gasteiger partial charge on any atom is 0.268 e. The maximum atomic E-state index is 12.5. The minimum Gasteiger partial charge on any atom is -0.354 e. The van der Waals surface area contributed by atoms with Crippen LogP contribution in [0.15, 0.2) is 23.3 Å². The van der Waals surface area contributed by atoms with Crippen molar-refractivity contribution in [2.24, 2.45) is 5.10 Å². The first-order valence-corrected chi connectivity index (χ1v) is 8.52. The summed E-state index contributed by atoms with van der Waals surface area (Å²) in [5, 5.41) is 11.1. The van der Waals surface area contributed by atoms with Crippen LogP contribution in [0.25, 0.3) is 0 Å². The summed E-state index contributed by atoms with van der Waals surface area (Å²) in [6, 6.07) is 5.24. The molecule has 132 valence electrons. The zero-order valence-corrected chi connectivity index (χ0v) is 14.5. The van der Waals surface area contributed by atoms with E-state index < -0.39 is 6.04 Å². The Bertz CT molecular complexity index is 757. The second kappa shape index (κ2) is 7.04. The Morgan fingerprint density at radius 3 is 2.84 bits per heavy atom. The summed E-state index contributed by atoms with van der Waals surface area (Å²) in [4.78, 5) is 36.6. The van der Waals surface area contributed by atoms with Crippen LogP contribution in [-0.2, 0) is 14.4 Å². The number of hydrazone groups is 1. The van der Waals surface area contributed by atoms with Crippen LogP contribution in [0.4, 0.5) is 5.69 Å². The predicted octanol–water partition coefficient (Wildman–Crippen LogP) is 1.18. The van der Waals surface area contributed by atoms with Gasteiger partial charge in [-0.2, -0.15) is 5.10 Å². The highest BCUT2D eigenvalue weighted by atomic mass is 16.2. The summed E-state index contributed by atoms with van der Waals surface area (Å²) in [5.41, 5.74) is 2.89. The molecule has 0 aromatic heterocycles. The Morgan fingerprint density at radius 1 is 1.28 bits per heavy atom. The number of rotatable bonds is 3. The number of hydrogen-bond acceptors (Lipinski definition) is 4. The van der Waals surface area contributed by atoms with E-state index in [1.807, 2.05) is 32.0 Å². The Hall–Kier alpha value is -2.70. The molecule has 1 aromatic carbocycles. The van der Waals surface area contributed by atoms with Crippen molar-refractivity contribution in [3.63, 3.8) is 0 Å². The standard InChI is InChI=1S/C18H22N4O3/c1-11-5-6-12(2)15(10-11)22-16(23)8-7-14(21-22)18(25)20-13-4-3-9-19-17(13)24/h5-6,10,13H,3-4,7-9H2,1-2H3,(H,19,24)(H,20,25)/t13-/m0/s1. The number of benzene rings is 1. The van der Waals surface area contributed by atoms with Crippen molar-refractivity contribution in [3.8, 4) is 0 Å². The molecule has 2 N–H and O–H groups in total. The van der Waals surface area contributed by atoms with Crippen molar-refractivity contribution >= 4 is 29.1 Å². The highest BCUT2D eigenvalue weighted by Crippen LogP contribution is 2.25. The largest absolute Gasteiger partial charge is 0.354 e. The number of piperidine rings is 1. The normalized spacial score (nSPS) is 20.8. The van der Waals surface area contributed by atoms with E-state index in [-0.39, 0.29) is 36.3 Å². The van der Waals surface area contributed by atoms with E-state index in [4.69, 9.17) is 0 Å². The Morgan fingerprint density at radius 2 is 2.08 bits per heavy atom. The molecule has 0 aliphatic carbocycles. The first-order chi connectivity index (χ1) is 12.0. The van der Waals surface area contributed by atoms with Crippen molar-refractivity contribution < 1.29 is 14.4 Å². The predicted molar refractivity (Wildman–Crippen MR) is 94.2 cm³/mol. The third kappa shape index (κ3) is 3.70. The van der Waals surface area contributed by atoms with Crippen LogP contribution in [0.3, 0.4) is 0 Å². The molecule has 7 heteroatoms. The molecule has 25 heavy (non-hydrogen) atoms. The zero-order valence-electron chi connectivity index (χ0n) is 14.5. The fourth-order valence-corrected chi connectivity index (χ4v) is 3.00. The molecule has 1 fully saturated rings. The number of aryl methyl sites for hydroxylation is 2. The molecule has 2 aliphatic heterocycles. The van der Waals surface area contributed by atoms with Gasteiger partial charge in [-0.15, -0.1) is 0 Å². The molecule has 3 rings (SSSR count). The fourth-order valence-electron chi connectivity index (χ4n) is 3.00. The fraction of sp³-hybridized carbons (Fsp3) is 0.444. The summed E-state index contributed by atoms with van der Waals surface area (Å²) < 4.78 is 0. The van der Waals surface area contributed by atoms with Crippen molar-refractivity contribution in [2.45, 2.75) is 45.6 Å². The lowest BCUT2D eigenvalue weighted by molar-refractivity contribution is -0.128. The van der Waals surface area contributed by atoms with E-state index in [1.165, 1.54) is 5.01 Å². The second-order valence-corrected chi connectivity index (χ2v) is 6.50. The van der Waals surface area contributed by atoms with Gasteiger partial charge in [0.1, 0.15) is 11.8 Å². The van der Waals surface area contributed by atoms with Crippen molar-refractivity contribution in [1.82, 2.24) is 10.6 Å². The lowest BCUT2D eigenvalue weighted by atomic mass is 10.1. The minimum absolute atomic E-state index is 0.138. The molecule has 2 aliphatic rings. The van der Waals surface area contributed by atoms with Gasteiger partial charge >= 0.3 is 0 Å². The average Bonchev–Trinajstić information content (AvgIpc) is 2.59. The molecule has 1 aromatic rings. The summed E-state index contributed by atoms with van der Waals surface area (Å²) in [6.45, 7) is 4.48. The Balaban J connectivity index is 1.81. The van der Waals surface area contributed by atoms with Crippen LogP contribution in [0, 0.1) is 13.8 Å². The summed E-state index contributed by atoms with van der Waals surface area (Å²) in [7, 11) is 0. The number of hydrogen-bond donors (Lipinski definition) is 2. The highest BCUT2D eigenvalue weighted by molar-refractivity contribution is 6.40. The summed E-state index contributed by atoms with van der Waals surface area (Å²) in [5.74, 6) is -0.691. The van der Waals surface area contributed by atoms with Gasteiger partial charge in [-0.25, -0.2) is 5.01 Å². The SMILES string of the molecule is Cc1ccc(C)c(N2N=C(C(=O)N[C@H]3CCCNC3=O)CCC2=O)c1. The highest BCUT2D eigenvalue weighted by Gasteiger charge is 2.29. The number of nitrogens with zero attached hydrogens (tertiary/aromatic N) is 2. The van der Waals surface area contributed by atoms with E-state index >= 15 is 0 Å². The summed E-state index contributed by atoms with van der Waals surface area (Å²) in [6.07, 6.45) is 1.94. The molecule has 0 spiro atoms. The second-order valence-electron chi connectivity index (χ2n) is 6.50. The van der Waals surface area contributed by atoms with E-state index in [1.54, 1.807) is 0 Å². The number of carbonyl (C=O) groups excluding carboxylic acids is 3. The Kier molecular flexibility index (Phi) is 4.83. The van der Waals surface area contributed by atoms with Crippen molar-refractivity contribution in [1.29, 1.82) is 0 Å². The lowest BCUT2D eigenvalue weighted by Crippen LogP contribution is -2.52. The van der Waals surface area contributed by atoms with Gasteiger partial charge in [0.05, 0.1) is 5.69 Å². The van der Waals surface area contributed by atoms with Gasteiger partial charge in [0, 0.05) is 19.4 Å². The Labute approximate surface area is 146 Å². The maximum absolute atomic E-state index is 12.5. The topological polar surface area (TPSA) is 90.9 Å². The van der Waals surface area contributed by atoms with E-state index in [9.17, 15) is 14.4 Å². The molecule has 2 heterocycles. The van der Waals surface area contributed by atoms with Crippen LogP contribution in [0.5, 0.6) is 0 Å². The number of nitrogens with one attached hydrogen (secondary N) is 2. The van der Waals surface area contributed by atoms with E-state index in [0.29, 0.717) is 18.7 Å². The molecule has 0 radical (unpaired) electrons. The lowest BCUT2D eigenvalue weighted by Gasteiger charge is -2.26. The van der Waals surface area contributed by atoms with Crippen LogP contribution in [-0.4, -0.2) is 36.0 Å². The summed E-state index contributed by atoms with van der Waals surface area (Å²) >= 11 is 0. The number of carbonyl (C=O) groups is 3. The molecule has 0 bridgehead atoms. The van der Waals surface area contributed by atoms with Gasteiger partial charge in [0.2, 0.25) is 11.8 Å². The minimum atomic E-state index is -0.532. The van der Waals surface area contributed by atoms with Crippen molar-refractivity contribution in [2.75, 3.05) is 11.6 Å². The zero-order chi connectivity index (χ0) is 18.0. The molecule has 1 atom stereocenters. The smallest absolute Gasteiger partial charge is 0.268 e. The molecule has 1 saturated heterocycles. The molecule has 7 nitrogen and oxygen atoms in total. The first kappa shape index (κ1) is 17.1. The quantitative estimate of drug-likeness (QED) is 0.864. The van der Waals surface area contributed by atoms with Crippen molar-refractivity contribution in [3.05, 3.63) is 29.3 Å². The molecular weight excluding hydrogens is 320 g/mol. The van der Waals surface area contributed by atoms with Gasteiger partial charge in [0.15, 0.2) is 0 Å². The first-order valence-electron chi connectivity index (χ1n) is 8.52. The van der Waals surface area contributed by atoms with Gasteiger partial charge < -0.3 is 10.6 Å². The molecular formula is C18H22N4O3. The van der Waals surface area contributed by atoms with Crippen LogP contribution < -0.4 is 15.6 Å².